The van der Waals surface area contributed by atoms with Crippen LogP contribution in [0.2, 0.25) is 0 Å². The first-order chi connectivity index (χ1) is 42.5. The SMILES string of the molecule is [2H]c1cc2c(oc3c(-c4cc(C5([2H])CCCCC5)c(C([2H])([2H])C([2H])([2H])c5cc(C([2H])([2H])C([2H])([2H])c6cnc(-c7[c-]cccc7)cc6C6([2H])CCCC6)cc(C([2H])([2H])C([2H])([2H])c6cnc(-c7[c-]cccc7)cc6C6([2H])CCCC6)c5)cn4)[c-]ccc32)c([2H])c1C#N.[Ir+3]. The van der Waals surface area contributed by atoms with Crippen molar-refractivity contribution in [2.75, 3.05) is 0 Å². The Labute approximate surface area is 475 Å². The maximum Gasteiger partial charge on any atom is 3.00 e. The Bertz CT molecular complexity index is 4150. The van der Waals surface area contributed by atoms with E-state index in [0.717, 1.165) is 30.8 Å². The summed E-state index contributed by atoms with van der Waals surface area (Å²) in [4.78, 5) is 13.9. The van der Waals surface area contributed by atoms with E-state index in [9.17, 15) is 25.8 Å². The van der Waals surface area contributed by atoms with Gasteiger partial charge in [0.05, 0.1) is 20.0 Å². The Morgan fingerprint density at radius 3 is 1.50 bits per heavy atom. The van der Waals surface area contributed by atoms with Gasteiger partial charge in [0, 0.05) is 44.5 Å². The van der Waals surface area contributed by atoms with Gasteiger partial charge in [-0.25, -0.2) is 0 Å². The molecule has 3 aliphatic carbocycles. The number of aromatic nitrogens is 3. The summed E-state index contributed by atoms with van der Waals surface area (Å²) < 4.78 is 174. The number of benzene rings is 5. The first-order valence-corrected chi connectivity index (χ1v) is 25.4. The average molecular weight is 1160 g/mol. The second kappa shape index (κ2) is 22.9. The van der Waals surface area contributed by atoms with Gasteiger partial charge in [0.25, 0.3) is 0 Å². The number of fused-ring (bicyclic) bond motifs is 3. The third-order valence-electron chi connectivity index (χ3n) is 14.3. The molecule has 5 nitrogen and oxygen atoms in total. The summed E-state index contributed by atoms with van der Waals surface area (Å²) >= 11 is 0. The van der Waals surface area contributed by atoms with E-state index in [2.05, 4.69) is 28.2 Å². The molecule has 0 atom stereocenters. The normalized spacial score (nSPS) is 21.3. The van der Waals surface area contributed by atoms with Crippen molar-refractivity contribution >= 4 is 21.9 Å². The number of nitrogens with zero attached hydrogens (tertiary/aromatic N) is 4. The molecule has 370 valence electrons. The van der Waals surface area contributed by atoms with Gasteiger partial charge in [-0.3, -0.25) is 0 Å². The molecule has 5 aromatic carbocycles. The van der Waals surface area contributed by atoms with Crippen molar-refractivity contribution in [2.45, 2.75) is 139 Å². The van der Waals surface area contributed by atoms with Crippen LogP contribution >= 0.6 is 0 Å². The third kappa shape index (κ3) is 10.8. The fraction of sp³-hybridized carbons (Fsp3) is 0.324. The van der Waals surface area contributed by atoms with E-state index in [0.29, 0.717) is 97.5 Å². The molecule has 0 saturated heterocycles. The van der Waals surface area contributed by atoms with Crippen LogP contribution in [0, 0.1) is 29.5 Å². The number of nitriles is 1. The molecule has 9 aromatic rings. The molecular weight excluding hydrogens is 1080 g/mol. The van der Waals surface area contributed by atoms with Gasteiger partial charge in [-0.1, -0.05) is 98.4 Å². The van der Waals surface area contributed by atoms with Crippen molar-refractivity contribution in [2.24, 2.45) is 0 Å². The molecule has 0 aliphatic heterocycles. The summed E-state index contributed by atoms with van der Waals surface area (Å²) in [5, 5.41) is 10.6. The van der Waals surface area contributed by atoms with Crippen molar-refractivity contribution in [3.8, 4) is 39.8 Å². The first-order valence-electron chi connectivity index (χ1n) is 33.9. The summed E-state index contributed by atoms with van der Waals surface area (Å²) in [7, 11) is 0. The average Bonchev–Trinajstić information content (AvgIpc) is 1.24. The second-order valence-corrected chi connectivity index (χ2v) is 19.1. The fourth-order valence-electron chi connectivity index (χ4n) is 10.6. The zero-order valence-electron chi connectivity index (χ0n) is 57.8. The van der Waals surface area contributed by atoms with Crippen LogP contribution in [0.3, 0.4) is 0 Å². The Morgan fingerprint density at radius 1 is 0.554 bits per heavy atom. The van der Waals surface area contributed by atoms with Crippen molar-refractivity contribution in [3.05, 3.63) is 208 Å². The summed E-state index contributed by atoms with van der Waals surface area (Å²) in [6.07, 6.45) is -9.77. The van der Waals surface area contributed by atoms with Crippen molar-refractivity contribution in [1.82, 2.24) is 15.0 Å². The first kappa shape index (κ1) is 33.4. The van der Waals surface area contributed by atoms with E-state index in [1.165, 1.54) is 24.5 Å². The maximum absolute atomic E-state index is 10.2. The number of aryl methyl sites for hydroxylation is 6. The monoisotopic (exact) mass is 1160 g/mol. The molecule has 3 fully saturated rings. The summed E-state index contributed by atoms with van der Waals surface area (Å²) in [5.74, 6) is -4.32. The number of furan rings is 1. The largest absolute Gasteiger partial charge is 3.00 e. The summed E-state index contributed by atoms with van der Waals surface area (Å²) in [6.45, 7) is 0. The Morgan fingerprint density at radius 2 is 1.03 bits per heavy atom. The molecule has 3 aliphatic rings. The minimum atomic E-state index is -3.36. The van der Waals surface area contributed by atoms with Crippen molar-refractivity contribution in [3.63, 3.8) is 0 Å². The van der Waals surface area contributed by atoms with E-state index in [-0.39, 0.29) is 106 Å². The Hall–Kier alpha value is -6.51. The molecule has 4 heterocycles. The second-order valence-electron chi connectivity index (χ2n) is 19.1. The molecule has 0 spiro atoms. The van der Waals surface area contributed by atoms with Gasteiger partial charge in [-0.2, -0.15) is 5.26 Å². The molecule has 0 N–H and O–H groups in total. The van der Waals surface area contributed by atoms with Crippen molar-refractivity contribution in [1.29, 1.82) is 5.26 Å². The van der Waals surface area contributed by atoms with Crippen LogP contribution < -0.4 is 0 Å². The van der Waals surface area contributed by atoms with Gasteiger partial charge < -0.3 is 19.4 Å². The third-order valence-corrected chi connectivity index (χ3v) is 14.3. The Kier molecular flexibility index (Phi) is 10.4. The van der Waals surface area contributed by atoms with E-state index < -0.39 is 72.6 Å². The van der Waals surface area contributed by atoms with Gasteiger partial charge in [-0.05, 0) is 174 Å². The zero-order valence-corrected chi connectivity index (χ0v) is 43.2. The summed E-state index contributed by atoms with van der Waals surface area (Å²) in [6, 6.07) is 37.0. The molecule has 6 heteroatoms. The minimum Gasteiger partial charge on any atom is -0.501 e. The number of hydrogen-bond acceptors (Lipinski definition) is 5. The van der Waals surface area contributed by atoms with Gasteiger partial charge in [0.2, 0.25) is 0 Å². The van der Waals surface area contributed by atoms with E-state index in [4.69, 9.17) is 12.1 Å². The van der Waals surface area contributed by atoms with Crippen LogP contribution in [-0.2, 0) is 58.3 Å². The number of hydrogen-bond donors (Lipinski definition) is 0. The van der Waals surface area contributed by atoms with Crippen LogP contribution in [0.4, 0.5) is 0 Å². The summed E-state index contributed by atoms with van der Waals surface area (Å²) in [5.41, 5.74) is -0.370. The van der Waals surface area contributed by atoms with Crippen LogP contribution in [0.15, 0.2) is 138 Å². The van der Waals surface area contributed by atoms with Crippen molar-refractivity contribution < 1.29 is 47.8 Å². The van der Waals surface area contributed by atoms with E-state index in [1.807, 2.05) is 6.07 Å². The van der Waals surface area contributed by atoms with E-state index >= 15 is 0 Å². The molecule has 3 saturated carbocycles. The van der Waals surface area contributed by atoms with Crippen LogP contribution in [0.5, 0.6) is 0 Å². The smallest absolute Gasteiger partial charge is 0.501 e. The molecule has 74 heavy (non-hydrogen) atoms. The molecule has 4 aromatic heterocycles. The minimum absolute atomic E-state index is 0. The molecule has 0 bridgehead atoms. The Balaban J connectivity index is 0.00000850. The van der Waals surface area contributed by atoms with Gasteiger partial charge in [0.1, 0.15) is 5.58 Å². The van der Waals surface area contributed by atoms with Gasteiger partial charge >= 0.3 is 20.1 Å². The maximum atomic E-state index is 10.2. The fourth-order valence-corrected chi connectivity index (χ4v) is 10.6. The zero-order chi connectivity index (χ0) is 64.2. The predicted octanol–water partition coefficient (Wildman–Crippen LogP) is 16.8. The topological polar surface area (TPSA) is 75.6 Å². The molecule has 0 radical (unpaired) electrons. The van der Waals surface area contributed by atoms with Crippen LogP contribution in [0.1, 0.15) is 180 Å². The van der Waals surface area contributed by atoms with E-state index in [1.54, 1.807) is 72.8 Å². The molecule has 0 unspecified atom stereocenters. The molecule has 12 rings (SSSR count). The van der Waals surface area contributed by atoms with Gasteiger partial charge in [0.15, 0.2) is 0 Å². The number of rotatable bonds is 15. The number of pyridine rings is 3. The quantitative estimate of drug-likeness (QED) is 0.0956. The molecular formula is C68H63IrN4O. The van der Waals surface area contributed by atoms with Crippen LogP contribution in [-0.4, -0.2) is 15.0 Å². The standard InChI is InChI=1S/C68H63N4O.Ir/c69-42-49-30-34-58-59-25-14-26-60(68(59)73-67(58)38-49)66-41-63(50-15-4-1-5-16-50)57(45-72-66)33-29-48-36-46(27-31-55-43-70-64(53-21-6-2-7-22-53)39-61(55)51-17-10-11-18-51)35-47(37-48)28-32-56-44-71-65(54-23-8-3-9-24-54)40-62(56)52-19-12-13-20-52;/h2-3,6-9,14,21,23,25,30,34-41,43-45,50-52H,1,4-5,10-13,15-20,27-29,31-33H2;/q-3;+3/i27D2,28D2,29D2,30D,31D2,32D2,33D2,38D,50D,51D,52D;. The van der Waals surface area contributed by atoms with Gasteiger partial charge in [-0.15, -0.1) is 90.0 Å². The predicted molar refractivity (Wildman–Crippen MR) is 294 cm³/mol. The molecule has 0 amide bonds. The van der Waals surface area contributed by atoms with Crippen LogP contribution in [0.25, 0.3) is 55.7 Å².